The highest BCUT2D eigenvalue weighted by atomic mass is 16.6. The lowest BCUT2D eigenvalue weighted by molar-refractivity contribution is 0.172. The fourth-order valence-corrected chi connectivity index (χ4v) is 3.04. The second kappa shape index (κ2) is 6.25. The van der Waals surface area contributed by atoms with Gasteiger partial charge in [0.15, 0.2) is 11.5 Å². The standard InChI is InChI=1S/C19H17N3O2/c20-7-4-8-22-16-13-18-17(23-9-10-24-18)12-15(16)21-19(22)11-14-5-2-1-3-6-14/h1-3,5-6,12-13H,4,8-11H2. The van der Waals surface area contributed by atoms with E-state index < -0.39 is 0 Å². The summed E-state index contributed by atoms with van der Waals surface area (Å²) in [5, 5.41) is 8.98. The van der Waals surface area contributed by atoms with Crippen molar-refractivity contribution in [3.8, 4) is 17.6 Å². The van der Waals surface area contributed by atoms with Crippen molar-refractivity contribution in [3.63, 3.8) is 0 Å². The van der Waals surface area contributed by atoms with Gasteiger partial charge in [-0.25, -0.2) is 4.98 Å². The van der Waals surface area contributed by atoms with Crippen molar-refractivity contribution in [1.82, 2.24) is 9.55 Å². The molecule has 5 heteroatoms. The van der Waals surface area contributed by atoms with E-state index in [1.54, 1.807) is 0 Å². The molecule has 0 saturated heterocycles. The van der Waals surface area contributed by atoms with E-state index >= 15 is 0 Å². The zero-order valence-corrected chi connectivity index (χ0v) is 13.2. The Kier molecular flexibility index (Phi) is 3.80. The Bertz CT molecular complexity index is 910. The maximum atomic E-state index is 8.98. The van der Waals surface area contributed by atoms with Gasteiger partial charge in [-0.15, -0.1) is 0 Å². The Balaban J connectivity index is 1.80. The first-order valence-electron chi connectivity index (χ1n) is 8.05. The van der Waals surface area contributed by atoms with E-state index in [4.69, 9.17) is 19.7 Å². The smallest absolute Gasteiger partial charge is 0.163 e. The summed E-state index contributed by atoms with van der Waals surface area (Å²) in [5.41, 5.74) is 3.06. The molecule has 1 aromatic heterocycles. The minimum atomic E-state index is 0.446. The number of hydrogen-bond donors (Lipinski definition) is 0. The van der Waals surface area contributed by atoms with E-state index in [2.05, 4.69) is 22.8 Å². The summed E-state index contributed by atoms with van der Waals surface area (Å²) in [5.74, 6) is 2.44. The van der Waals surface area contributed by atoms with Gasteiger partial charge < -0.3 is 14.0 Å². The minimum absolute atomic E-state index is 0.446. The molecular weight excluding hydrogens is 302 g/mol. The molecule has 2 aromatic carbocycles. The van der Waals surface area contributed by atoms with Crippen LogP contribution in [-0.2, 0) is 13.0 Å². The van der Waals surface area contributed by atoms with E-state index in [1.807, 2.05) is 30.3 Å². The third-order valence-electron chi connectivity index (χ3n) is 4.14. The van der Waals surface area contributed by atoms with Gasteiger partial charge in [-0.1, -0.05) is 30.3 Å². The summed E-state index contributed by atoms with van der Waals surface area (Å²) in [6.45, 7) is 1.74. The molecule has 0 fully saturated rings. The van der Waals surface area contributed by atoms with Crippen LogP contribution in [0.2, 0.25) is 0 Å². The second-order valence-corrected chi connectivity index (χ2v) is 5.73. The van der Waals surface area contributed by atoms with Crippen molar-refractivity contribution in [2.75, 3.05) is 13.2 Å². The molecule has 24 heavy (non-hydrogen) atoms. The quantitative estimate of drug-likeness (QED) is 0.740. The van der Waals surface area contributed by atoms with Crippen LogP contribution in [0, 0.1) is 11.3 Å². The Morgan fingerprint density at radius 1 is 1.08 bits per heavy atom. The largest absolute Gasteiger partial charge is 0.486 e. The lowest BCUT2D eigenvalue weighted by Gasteiger charge is -2.18. The van der Waals surface area contributed by atoms with Crippen LogP contribution in [0.25, 0.3) is 11.0 Å². The number of aromatic nitrogens is 2. The minimum Gasteiger partial charge on any atom is -0.486 e. The number of fused-ring (bicyclic) bond motifs is 2. The number of hydrogen-bond acceptors (Lipinski definition) is 4. The van der Waals surface area contributed by atoms with Crippen LogP contribution in [0.15, 0.2) is 42.5 Å². The zero-order valence-electron chi connectivity index (χ0n) is 13.2. The molecule has 0 spiro atoms. The van der Waals surface area contributed by atoms with Crippen molar-refractivity contribution < 1.29 is 9.47 Å². The lowest BCUT2D eigenvalue weighted by atomic mass is 10.1. The van der Waals surface area contributed by atoms with Gasteiger partial charge >= 0.3 is 0 Å². The van der Waals surface area contributed by atoms with Gasteiger partial charge in [-0.3, -0.25) is 0 Å². The summed E-state index contributed by atoms with van der Waals surface area (Å²) >= 11 is 0. The van der Waals surface area contributed by atoms with Crippen LogP contribution < -0.4 is 9.47 Å². The number of benzene rings is 2. The van der Waals surface area contributed by atoms with E-state index in [9.17, 15) is 0 Å². The maximum absolute atomic E-state index is 8.98. The van der Waals surface area contributed by atoms with Crippen LogP contribution in [0.5, 0.6) is 11.5 Å². The molecule has 1 aliphatic heterocycles. The van der Waals surface area contributed by atoms with Crippen LogP contribution in [-0.4, -0.2) is 22.8 Å². The van der Waals surface area contributed by atoms with E-state index in [0.717, 1.165) is 34.8 Å². The maximum Gasteiger partial charge on any atom is 0.163 e. The number of imidazole rings is 1. The van der Waals surface area contributed by atoms with Gasteiger partial charge in [0.25, 0.3) is 0 Å². The summed E-state index contributed by atoms with van der Waals surface area (Å²) in [6, 6.07) is 16.4. The van der Waals surface area contributed by atoms with Crippen LogP contribution in [0.1, 0.15) is 17.8 Å². The summed E-state index contributed by atoms with van der Waals surface area (Å²) in [6.07, 6.45) is 1.18. The van der Waals surface area contributed by atoms with Crippen molar-refractivity contribution >= 4 is 11.0 Å². The molecule has 4 rings (SSSR count). The first kappa shape index (κ1) is 14.6. The number of nitriles is 1. The van der Waals surface area contributed by atoms with Crippen molar-refractivity contribution in [2.24, 2.45) is 0 Å². The Morgan fingerprint density at radius 2 is 1.83 bits per heavy atom. The third kappa shape index (κ3) is 2.67. The number of nitrogens with zero attached hydrogens (tertiary/aromatic N) is 3. The van der Waals surface area contributed by atoms with Crippen LogP contribution in [0.4, 0.5) is 0 Å². The highest BCUT2D eigenvalue weighted by molar-refractivity contribution is 5.81. The summed E-state index contributed by atoms with van der Waals surface area (Å²) in [7, 11) is 0. The number of ether oxygens (including phenoxy) is 2. The first-order valence-corrected chi connectivity index (χ1v) is 8.05. The van der Waals surface area contributed by atoms with Crippen LogP contribution in [0.3, 0.4) is 0 Å². The van der Waals surface area contributed by atoms with Gasteiger partial charge in [0.2, 0.25) is 0 Å². The lowest BCUT2D eigenvalue weighted by Crippen LogP contribution is -2.15. The van der Waals surface area contributed by atoms with E-state index in [0.29, 0.717) is 26.2 Å². The van der Waals surface area contributed by atoms with Gasteiger partial charge in [0.1, 0.15) is 19.0 Å². The molecule has 0 aliphatic carbocycles. The molecule has 0 unspecified atom stereocenters. The topological polar surface area (TPSA) is 60.1 Å². The molecule has 0 amide bonds. The molecule has 1 aliphatic rings. The predicted molar refractivity (Wildman–Crippen MR) is 90.2 cm³/mol. The Morgan fingerprint density at radius 3 is 2.58 bits per heavy atom. The molecule has 0 N–H and O–H groups in total. The number of aryl methyl sites for hydroxylation is 1. The SMILES string of the molecule is N#CCCn1c(Cc2ccccc2)nc2cc3c(cc21)OCCO3. The highest BCUT2D eigenvalue weighted by Crippen LogP contribution is 2.35. The van der Waals surface area contributed by atoms with Crippen molar-refractivity contribution in [3.05, 3.63) is 53.9 Å². The summed E-state index contributed by atoms with van der Waals surface area (Å²) < 4.78 is 13.5. The normalized spacial score (nSPS) is 13.0. The molecule has 0 saturated carbocycles. The van der Waals surface area contributed by atoms with Gasteiger partial charge in [-0.05, 0) is 5.56 Å². The fraction of sp³-hybridized carbons (Fsp3) is 0.263. The van der Waals surface area contributed by atoms with Gasteiger partial charge in [-0.2, -0.15) is 5.26 Å². The molecule has 2 heterocycles. The van der Waals surface area contributed by atoms with E-state index in [-0.39, 0.29) is 0 Å². The Labute approximate surface area is 140 Å². The van der Waals surface area contributed by atoms with E-state index in [1.165, 1.54) is 5.56 Å². The van der Waals surface area contributed by atoms with Crippen molar-refractivity contribution in [2.45, 2.75) is 19.4 Å². The summed E-state index contributed by atoms with van der Waals surface area (Å²) in [4.78, 5) is 4.79. The molecule has 0 bridgehead atoms. The first-order chi connectivity index (χ1) is 11.8. The van der Waals surface area contributed by atoms with Gasteiger partial charge in [0, 0.05) is 25.1 Å². The molecule has 5 nitrogen and oxygen atoms in total. The average molecular weight is 319 g/mol. The molecular formula is C19H17N3O2. The predicted octanol–water partition coefficient (Wildman–Crippen LogP) is 3.31. The second-order valence-electron chi connectivity index (χ2n) is 5.73. The van der Waals surface area contributed by atoms with Gasteiger partial charge in [0.05, 0.1) is 23.5 Å². The fourth-order valence-electron chi connectivity index (χ4n) is 3.04. The zero-order chi connectivity index (χ0) is 16.4. The third-order valence-corrected chi connectivity index (χ3v) is 4.14. The highest BCUT2D eigenvalue weighted by Gasteiger charge is 2.18. The van der Waals surface area contributed by atoms with Crippen LogP contribution >= 0.6 is 0 Å². The molecule has 0 radical (unpaired) electrons. The Hall–Kier alpha value is -3.00. The monoisotopic (exact) mass is 319 g/mol. The molecule has 3 aromatic rings. The van der Waals surface area contributed by atoms with Crippen molar-refractivity contribution in [1.29, 1.82) is 5.26 Å². The number of rotatable bonds is 4. The average Bonchev–Trinajstić information content (AvgIpc) is 2.94. The molecule has 0 atom stereocenters. The molecule has 120 valence electrons.